The van der Waals surface area contributed by atoms with Gasteiger partial charge in [0.05, 0.1) is 5.52 Å². The zero-order valence-corrected chi connectivity index (χ0v) is 13.7. The van der Waals surface area contributed by atoms with E-state index in [-0.39, 0.29) is 0 Å². The Hall–Kier alpha value is -0.820. The van der Waals surface area contributed by atoms with Crippen LogP contribution in [0, 0.1) is 0 Å². The van der Waals surface area contributed by atoms with E-state index in [1.165, 1.54) is 0 Å². The Morgan fingerprint density at radius 1 is 1.20 bits per heavy atom. The number of hydrogen-bond acceptors (Lipinski definition) is 2. The molecule has 1 aromatic heterocycles. The maximum absolute atomic E-state index is 12.9. The normalized spacial score (nSPS) is 11.9. The highest BCUT2D eigenvalue weighted by Gasteiger charge is 2.33. The van der Waals surface area contributed by atoms with Crippen LogP contribution in [0.1, 0.15) is 19.0 Å². The summed E-state index contributed by atoms with van der Waals surface area (Å²) in [5.41, 5.74) is -0.167. The van der Waals surface area contributed by atoms with Crippen molar-refractivity contribution in [1.82, 2.24) is 4.98 Å². The van der Waals surface area contributed by atoms with E-state index in [0.29, 0.717) is 27.6 Å². The molecule has 0 unspecified atom stereocenters. The smallest absolute Gasteiger partial charge is 0.384 e. The minimum atomic E-state index is -4.47. The number of alkyl halides is 3. The molecule has 108 valence electrons. The van der Waals surface area contributed by atoms with Crippen LogP contribution in [-0.4, -0.2) is 11.5 Å². The molecule has 2 rings (SSSR count). The number of benzene rings is 1. The number of rotatable bonds is 3. The average molecular weight is 412 g/mol. The van der Waals surface area contributed by atoms with E-state index in [4.69, 9.17) is 0 Å². The molecule has 0 fully saturated rings. The van der Waals surface area contributed by atoms with Gasteiger partial charge in [-0.2, -0.15) is 13.2 Å². The predicted octanol–water partition coefficient (Wildman–Crippen LogP) is 5.60. The summed E-state index contributed by atoms with van der Waals surface area (Å²) in [5, 5.41) is 3.67. The maximum Gasteiger partial charge on any atom is 0.433 e. The number of fused-ring (bicyclic) bond motifs is 1. The first kappa shape index (κ1) is 15.6. The van der Waals surface area contributed by atoms with Crippen LogP contribution in [0.2, 0.25) is 0 Å². The van der Waals surface area contributed by atoms with Crippen molar-refractivity contribution in [2.24, 2.45) is 0 Å². The molecule has 1 N–H and O–H groups in total. The highest BCUT2D eigenvalue weighted by Crippen LogP contribution is 2.36. The Morgan fingerprint density at radius 2 is 1.90 bits per heavy atom. The third-order valence-electron chi connectivity index (χ3n) is 2.69. The van der Waals surface area contributed by atoms with E-state index >= 15 is 0 Å². The summed E-state index contributed by atoms with van der Waals surface area (Å²) < 4.78 is 40.0. The van der Waals surface area contributed by atoms with Crippen LogP contribution in [-0.2, 0) is 6.18 Å². The summed E-state index contributed by atoms with van der Waals surface area (Å²) in [6, 6.07) is 4.49. The fourth-order valence-corrected chi connectivity index (χ4v) is 3.12. The molecule has 2 nitrogen and oxygen atoms in total. The summed E-state index contributed by atoms with van der Waals surface area (Å²) >= 11 is 6.60. The zero-order valence-electron chi connectivity index (χ0n) is 10.5. The predicted molar refractivity (Wildman–Crippen MR) is 80.9 cm³/mol. The molecule has 0 spiro atoms. The first-order valence-corrected chi connectivity index (χ1v) is 7.52. The molecule has 0 saturated heterocycles. The van der Waals surface area contributed by atoms with Crippen molar-refractivity contribution < 1.29 is 13.2 Å². The van der Waals surface area contributed by atoms with Gasteiger partial charge in [-0.15, -0.1) is 0 Å². The number of hydrogen-bond donors (Lipinski definition) is 1. The molecular formula is C13H11Br2F3N2. The molecule has 1 heterocycles. The van der Waals surface area contributed by atoms with Gasteiger partial charge in [0.15, 0.2) is 0 Å². The van der Waals surface area contributed by atoms with Gasteiger partial charge in [0.1, 0.15) is 5.69 Å². The number of nitrogens with zero attached hydrogens (tertiary/aromatic N) is 1. The minimum absolute atomic E-state index is 0.293. The van der Waals surface area contributed by atoms with Gasteiger partial charge in [-0.3, -0.25) is 0 Å². The number of nitrogens with one attached hydrogen (secondary N) is 1. The SMILES string of the molecule is CCCNc1cc(C(F)(F)F)nc2c(Br)cc(Br)cc12. The van der Waals surface area contributed by atoms with Gasteiger partial charge in [-0.25, -0.2) is 4.98 Å². The second-order valence-corrected chi connectivity index (χ2v) is 6.03. The van der Waals surface area contributed by atoms with E-state index < -0.39 is 11.9 Å². The number of pyridine rings is 1. The molecule has 0 radical (unpaired) electrons. The molecule has 0 amide bonds. The van der Waals surface area contributed by atoms with Crippen molar-refractivity contribution >= 4 is 48.5 Å². The van der Waals surface area contributed by atoms with Crippen LogP contribution in [0.25, 0.3) is 10.9 Å². The van der Waals surface area contributed by atoms with Crippen molar-refractivity contribution in [3.8, 4) is 0 Å². The van der Waals surface area contributed by atoms with Crippen LogP contribution < -0.4 is 5.32 Å². The first-order valence-electron chi connectivity index (χ1n) is 5.93. The Kier molecular flexibility index (Phi) is 4.59. The number of anilines is 1. The maximum atomic E-state index is 12.9. The quantitative estimate of drug-likeness (QED) is 0.710. The molecule has 0 aliphatic carbocycles. The van der Waals surface area contributed by atoms with Crippen molar-refractivity contribution in [2.45, 2.75) is 19.5 Å². The Labute approximate surface area is 131 Å². The Morgan fingerprint density at radius 3 is 2.50 bits per heavy atom. The van der Waals surface area contributed by atoms with Gasteiger partial charge in [-0.1, -0.05) is 22.9 Å². The van der Waals surface area contributed by atoms with Gasteiger partial charge in [0.25, 0.3) is 0 Å². The molecule has 7 heteroatoms. The molecule has 2 aromatic rings. The zero-order chi connectivity index (χ0) is 14.9. The fraction of sp³-hybridized carbons (Fsp3) is 0.308. The van der Waals surface area contributed by atoms with Crippen LogP contribution in [0.15, 0.2) is 27.1 Å². The summed E-state index contributed by atoms with van der Waals surface area (Å²) in [6.45, 7) is 2.55. The first-order chi connectivity index (χ1) is 9.32. The lowest BCUT2D eigenvalue weighted by molar-refractivity contribution is -0.140. The number of halogens is 5. The van der Waals surface area contributed by atoms with Crippen molar-refractivity contribution in [2.75, 3.05) is 11.9 Å². The summed E-state index contributed by atoms with van der Waals surface area (Å²) in [5.74, 6) is 0. The van der Waals surface area contributed by atoms with E-state index in [0.717, 1.165) is 17.0 Å². The van der Waals surface area contributed by atoms with Crippen LogP contribution in [0.5, 0.6) is 0 Å². The van der Waals surface area contributed by atoms with Gasteiger partial charge in [0, 0.05) is 26.6 Å². The van der Waals surface area contributed by atoms with Gasteiger partial charge in [-0.05, 0) is 40.5 Å². The molecule has 0 aliphatic heterocycles. The van der Waals surface area contributed by atoms with E-state index in [1.54, 1.807) is 12.1 Å². The van der Waals surface area contributed by atoms with E-state index in [1.807, 2.05) is 6.92 Å². The lowest BCUT2D eigenvalue weighted by Crippen LogP contribution is -2.10. The van der Waals surface area contributed by atoms with Gasteiger partial charge < -0.3 is 5.32 Å². The van der Waals surface area contributed by atoms with Gasteiger partial charge >= 0.3 is 6.18 Å². The summed E-state index contributed by atoms with van der Waals surface area (Å²) in [6.07, 6.45) is -3.65. The van der Waals surface area contributed by atoms with Gasteiger partial charge in [0.2, 0.25) is 0 Å². The highest BCUT2D eigenvalue weighted by molar-refractivity contribution is 9.11. The molecule has 0 atom stereocenters. The van der Waals surface area contributed by atoms with Crippen LogP contribution >= 0.6 is 31.9 Å². The molecule has 1 aromatic carbocycles. The van der Waals surface area contributed by atoms with Crippen molar-refractivity contribution in [1.29, 1.82) is 0 Å². The number of aromatic nitrogens is 1. The standard InChI is InChI=1S/C13H11Br2F3N2/c1-2-3-19-10-6-11(13(16,17)18)20-12-8(10)4-7(14)5-9(12)15/h4-6H,2-3H2,1H3,(H,19,20). The molecule has 0 bridgehead atoms. The average Bonchev–Trinajstić information content (AvgIpc) is 2.34. The van der Waals surface area contributed by atoms with Crippen LogP contribution in [0.3, 0.4) is 0 Å². The Bertz CT molecular complexity index is 642. The topological polar surface area (TPSA) is 24.9 Å². The molecule has 20 heavy (non-hydrogen) atoms. The molecular weight excluding hydrogens is 401 g/mol. The van der Waals surface area contributed by atoms with E-state index in [9.17, 15) is 13.2 Å². The second kappa shape index (κ2) is 5.89. The van der Waals surface area contributed by atoms with Crippen molar-refractivity contribution in [3.63, 3.8) is 0 Å². The summed E-state index contributed by atoms with van der Waals surface area (Å²) in [7, 11) is 0. The lowest BCUT2D eigenvalue weighted by Gasteiger charge is -2.14. The molecule has 0 saturated carbocycles. The van der Waals surface area contributed by atoms with Crippen LogP contribution in [0.4, 0.5) is 18.9 Å². The third kappa shape index (κ3) is 3.25. The fourth-order valence-electron chi connectivity index (χ4n) is 1.80. The summed E-state index contributed by atoms with van der Waals surface area (Å²) in [4.78, 5) is 3.72. The second-order valence-electron chi connectivity index (χ2n) is 4.26. The lowest BCUT2D eigenvalue weighted by atomic mass is 10.1. The van der Waals surface area contributed by atoms with Crippen molar-refractivity contribution in [3.05, 3.63) is 32.8 Å². The Balaban J connectivity index is 2.71. The largest absolute Gasteiger partial charge is 0.433 e. The minimum Gasteiger partial charge on any atom is -0.384 e. The molecule has 0 aliphatic rings. The highest BCUT2D eigenvalue weighted by atomic mass is 79.9. The monoisotopic (exact) mass is 410 g/mol. The third-order valence-corrected chi connectivity index (χ3v) is 3.75. The van der Waals surface area contributed by atoms with E-state index in [2.05, 4.69) is 42.2 Å².